The van der Waals surface area contributed by atoms with Gasteiger partial charge in [-0.15, -0.1) is 0 Å². The first-order valence-electron chi connectivity index (χ1n) is 24.0. The monoisotopic (exact) mass is 866 g/mol. The third-order valence-corrected chi connectivity index (χ3v) is 13.8. The molecule has 2 N–H and O–H groups in total. The molecule has 0 saturated carbocycles. The van der Waals surface area contributed by atoms with Crippen LogP contribution in [-0.2, 0) is 19.3 Å². The number of nitrogens with one attached hydrogen (secondary N) is 2. The molecule has 0 amide bonds. The van der Waals surface area contributed by atoms with Gasteiger partial charge in [-0.1, -0.05) is 160 Å². The summed E-state index contributed by atoms with van der Waals surface area (Å²) in [5, 5.41) is 12.4. The number of aryl methyl sites for hydroxylation is 4. The zero-order valence-electron chi connectivity index (χ0n) is 39.6. The van der Waals surface area contributed by atoms with E-state index in [2.05, 4.69) is 246 Å². The van der Waals surface area contributed by atoms with Crippen LogP contribution >= 0.6 is 0 Å². The molecular weight excluding hydrogens is 809 g/mol. The van der Waals surface area contributed by atoms with Crippen molar-refractivity contribution in [2.24, 2.45) is 0 Å². The fourth-order valence-electron chi connectivity index (χ4n) is 10.1. The number of hydrogen-bond donors (Lipinski definition) is 2. The molecule has 0 fully saturated rings. The van der Waals surface area contributed by atoms with Gasteiger partial charge in [0.1, 0.15) is 0 Å². The second-order valence-corrected chi connectivity index (χ2v) is 18.1. The van der Waals surface area contributed by atoms with E-state index in [0.717, 1.165) is 42.0 Å². The van der Waals surface area contributed by atoms with Crippen LogP contribution in [0.15, 0.2) is 194 Å². The van der Waals surface area contributed by atoms with Crippen LogP contribution in [0.3, 0.4) is 0 Å². The highest BCUT2D eigenvalue weighted by Gasteiger charge is 2.20. The molecule has 0 aliphatic rings. The summed E-state index contributed by atoms with van der Waals surface area (Å²) in [7, 11) is 0. The van der Waals surface area contributed by atoms with E-state index in [9.17, 15) is 0 Å². The number of hydrogen-bond acceptors (Lipinski definition) is 2. The minimum atomic E-state index is 0.966. The predicted molar refractivity (Wildman–Crippen MR) is 290 cm³/mol. The van der Waals surface area contributed by atoms with Crippen LogP contribution in [0.5, 0.6) is 0 Å². The average molecular weight is 867 g/mol. The Bertz CT molecular complexity index is 3390. The first-order valence-corrected chi connectivity index (χ1v) is 24.0. The largest absolute Gasteiger partial charge is 0.356 e. The molecule has 0 aliphatic heterocycles. The Morgan fingerprint density at radius 2 is 0.701 bits per heavy atom. The number of anilines is 4. The molecule has 10 aromatic rings. The van der Waals surface area contributed by atoms with Gasteiger partial charge in [-0.25, -0.2) is 0 Å². The van der Waals surface area contributed by atoms with Gasteiger partial charge >= 0.3 is 0 Å². The molecule has 0 unspecified atom stereocenters. The molecule has 0 saturated heterocycles. The second-order valence-electron chi connectivity index (χ2n) is 18.1. The van der Waals surface area contributed by atoms with Crippen molar-refractivity contribution in [1.82, 2.24) is 0 Å². The standard InChI is InChI=1S/C65H58N2/c1-7-45-20-24-49(25-21-45)59-37-35-57(39-47(59)9-3)67-55-32-28-51(29-33-55)63-41-53-15-11-13-17-61(53)65(44(63)6)64-43(5)62(40-52-14-10-12-16-60(52)64)50-26-30-54(31-27-50)66-56-34-36-58(46(8-2)38-56)48-22-18-42(4)19-23-48/h10-41,66-67H,7-9H2,1-6H3. The maximum Gasteiger partial charge on any atom is 0.0387 e. The van der Waals surface area contributed by atoms with E-state index in [-0.39, 0.29) is 0 Å². The van der Waals surface area contributed by atoms with Crippen LogP contribution in [-0.4, -0.2) is 0 Å². The minimum absolute atomic E-state index is 0.966. The molecule has 0 bridgehead atoms. The van der Waals surface area contributed by atoms with Crippen molar-refractivity contribution in [3.63, 3.8) is 0 Å². The van der Waals surface area contributed by atoms with Crippen LogP contribution in [0.4, 0.5) is 22.7 Å². The zero-order valence-corrected chi connectivity index (χ0v) is 39.6. The van der Waals surface area contributed by atoms with Gasteiger partial charge in [-0.3, -0.25) is 0 Å². The van der Waals surface area contributed by atoms with Crippen LogP contribution in [0.2, 0.25) is 0 Å². The van der Waals surface area contributed by atoms with Crippen molar-refractivity contribution in [1.29, 1.82) is 0 Å². The highest BCUT2D eigenvalue weighted by atomic mass is 14.9. The van der Waals surface area contributed by atoms with E-state index in [4.69, 9.17) is 0 Å². The van der Waals surface area contributed by atoms with Crippen molar-refractivity contribution < 1.29 is 0 Å². The summed E-state index contributed by atoms with van der Waals surface area (Å²) in [6, 6.07) is 71.8. The van der Waals surface area contributed by atoms with Gasteiger partial charge < -0.3 is 10.6 Å². The minimum Gasteiger partial charge on any atom is -0.356 e. The van der Waals surface area contributed by atoms with Gasteiger partial charge in [0.2, 0.25) is 0 Å². The number of fused-ring (bicyclic) bond motifs is 2. The van der Waals surface area contributed by atoms with Gasteiger partial charge in [0.15, 0.2) is 0 Å². The van der Waals surface area contributed by atoms with E-state index < -0.39 is 0 Å². The summed E-state index contributed by atoms with van der Waals surface area (Å²) < 4.78 is 0. The Morgan fingerprint density at radius 1 is 0.328 bits per heavy atom. The molecule has 67 heavy (non-hydrogen) atoms. The summed E-state index contributed by atoms with van der Waals surface area (Å²) in [6.45, 7) is 13.4. The molecule has 2 heteroatoms. The second kappa shape index (κ2) is 18.7. The van der Waals surface area contributed by atoms with Gasteiger partial charge in [0.05, 0.1) is 0 Å². The Labute approximate surface area is 397 Å². The first-order chi connectivity index (χ1) is 32.8. The quantitative estimate of drug-likeness (QED) is 0.128. The Balaban J connectivity index is 0.974. The molecule has 0 aromatic heterocycles. The summed E-state index contributed by atoms with van der Waals surface area (Å²) in [4.78, 5) is 0. The summed E-state index contributed by atoms with van der Waals surface area (Å²) in [5.41, 5.74) is 24.8. The molecule has 0 atom stereocenters. The Kier molecular flexibility index (Phi) is 12.0. The predicted octanol–water partition coefficient (Wildman–Crippen LogP) is 18.4. The van der Waals surface area contributed by atoms with E-state index in [0.29, 0.717) is 0 Å². The van der Waals surface area contributed by atoms with Crippen molar-refractivity contribution in [3.05, 3.63) is 228 Å². The molecule has 10 aromatic carbocycles. The summed E-state index contributed by atoms with van der Waals surface area (Å²) >= 11 is 0. The highest BCUT2D eigenvalue weighted by Crippen LogP contribution is 2.46. The smallest absolute Gasteiger partial charge is 0.0387 e. The van der Waals surface area contributed by atoms with Crippen molar-refractivity contribution >= 4 is 44.3 Å². The lowest BCUT2D eigenvalue weighted by atomic mass is 9.82. The SMILES string of the molecule is CCc1ccc(-c2ccc(Nc3ccc(-c4cc5ccccc5c(-c5c(C)c(-c6ccc(Nc7ccc(-c8ccc(C)cc8)c(CC)c7)cc6)cc6ccccc56)c4C)cc3)cc2CC)cc1. The van der Waals surface area contributed by atoms with Crippen molar-refractivity contribution in [2.45, 2.75) is 60.8 Å². The van der Waals surface area contributed by atoms with Gasteiger partial charge in [0, 0.05) is 22.7 Å². The van der Waals surface area contributed by atoms with Crippen molar-refractivity contribution in [2.75, 3.05) is 10.6 Å². The van der Waals surface area contributed by atoms with E-state index >= 15 is 0 Å². The van der Waals surface area contributed by atoms with Crippen LogP contribution in [0, 0.1) is 20.8 Å². The lowest BCUT2D eigenvalue weighted by Gasteiger charge is -2.22. The molecule has 328 valence electrons. The molecule has 0 spiro atoms. The van der Waals surface area contributed by atoms with Gasteiger partial charge in [-0.2, -0.15) is 0 Å². The third kappa shape index (κ3) is 8.64. The van der Waals surface area contributed by atoms with Crippen LogP contribution in [0.1, 0.15) is 54.2 Å². The third-order valence-electron chi connectivity index (χ3n) is 13.8. The maximum absolute atomic E-state index is 3.71. The first kappa shape index (κ1) is 43.2. The fourth-order valence-corrected chi connectivity index (χ4v) is 10.1. The molecule has 10 rings (SSSR count). The molecular formula is C65H58N2. The van der Waals surface area contributed by atoms with E-state index in [1.807, 2.05) is 0 Å². The van der Waals surface area contributed by atoms with Crippen molar-refractivity contribution in [3.8, 4) is 55.6 Å². The number of benzene rings is 10. The van der Waals surface area contributed by atoms with Crippen LogP contribution in [0.25, 0.3) is 77.2 Å². The van der Waals surface area contributed by atoms with Gasteiger partial charge in [-0.05, 0) is 206 Å². The number of rotatable bonds is 12. The van der Waals surface area contributed by atoms with Gasteiger partial charge in [0.25, 0.3) is 0 Å². The summed E-state index contributed by atoms with van der Waals surface area (Å²) in [6.07, 6.45) is 2.99. The highest BCUT2D eigenvalue weighted by molar-refractivity contribution is 6.11. The zero-order chi connectivity index (χ0) is 46.0. The molecule has 0 heterocycles. The topological polar surface area (TPSA) is 24.1 Å². The molecule has 0 aliphatic carbocycles. The van der Waals surface area contributed by atoms with E-state index in [1.54, 1.807) is 0 Å². The summed E-state index contributed by atoms with van der Waals surface area (Å²) in [5.74, 6) is 0. The normalized spacial score (nSPS) is 11.3. The van der Waals surface area contributed by atoms with E-state index in [1.165, 1.54) is 111 Å². The molecule has 0 radical (unpaired) electrons. The lowest BCUT2D eigenvalue weighted by molar-refractivity contribution is 1.13. The Morgan fingerprint density at radius 3 is 1.12 bits per heavy atom. The fraction of sp³-hybridized carbons (Fsp3) is 0.138. The maximum atomic E-state index is 3.71. The van der Waals surface area contributed by atoms with Crippen LogP contribution < -0.4 is 10.6 Å². The Hall–Kier alpha value is -7.68. The lowest BCUT2D eigenvalue weighted by Crippen LogP contribution is -1.97. The molecule has 2 nitrogen and oxygen atoms in total. The average Bonchev–Trinajstić information content (AvgIpc) is 3.37.